The average molecular weight is 290 g/mol. The second-order valence-electron chi connectivity index (χ2n) is 4.73. The van der Waals surface area contributed by atoms with Gasteiger partial charge < -0.3 is 4.89 Å². The van der Waals surface area contributed by atoms with Gasteiger partial charge in [-0.1, -0.05) is 53.1 Å². The van der Waals surface area contributed by atoms with E-state index in [1.807, 2.05) is 0 Å². The zero-order valence-electron chi connectivity index (χ0n) is 11.9. The Bertz CT molecular complexity index is 570. The first-order valence-electron chi connectivity index (χ1n) is 6.24. The molecule has 0 heterocycles. The largest absolute Gasteiger partial charge is 0.336 e. The summed E-state index contributed by atoms with van der Waals surface area (Å²) in [7, 11) is -3.71. The minimum Gasteiger partial charge on any atom is -0.336 e. The van der Waals surface area contributed by atoms with Crippen molar-refractivity contribution in [2.75, 3.05) is 0 Å². The first-order chi connectivity index (χ1) is 9.35. The molecule has 0 aliphatic rings. The number of carbonyl (C=O) groups is 1. The Kier molecular flexibility index (Phi) is 5.87. The van der Waals surface area contributed by atoms with Gasteiger partial charge in [-0.3, -0.25) is 9.36 Å². The van der Waals surface area contributed by atoms with Gasteiger partial charge in [-0.05, 0) is 32.9 Å². The highest BCUT2D eigenvalue weighted by atomic mass is 31.2. The van der Waals surface area contributed by atoms with Crippen LogP contribution in [0, 0.1) is 20.8 Å². The first-order valence-corrected chi connectivity index (χ1v) is 7.97. The van der Waals surface area contributed by atoms with Gasteiger partial charge in [0.1, 0.15) is 0 Å². The topological polar surface area (TPSA) is 54.4 Å². The van der Waals surface area contributed by atoms with Crippen LogP contribution in [-0.2, 0) is 9.36 Å². The van der Waals surface area contributed by atoms with E-state index in [2.05, 4.69) is 39.0 Å². The Morgan fingerprint density at radius 1 is 0.900 bits per heavy atom. The molecule has 0 saturated carbocycles. The third-order valence-electron chi connectivity index (χ3n) is 2.64. The Morgan fingerprint density at radius 3 is 1.65 bits per heavy atom. The van der Waals surface area contributed by atoms with Gasteiger partial charge in [0, 0.05) is 5.30 Å². The molecule has 0 aromatic heterocycles. The van der Waals surface area contributed by atoms with Gasteiger partial charge in [0.05, 0.1) is 0 Å². The lowest BCUT2D eigenvalue weighted by atomic mass is 10.1. The van der Waals surface area contributed by atoms with Crippen molar-refractivity contribution in [1.29, 1.82) is 0 Å². The Labute approximate surface area is 119 Å². The van der Waals surface area contributed by atoms with Gasteiger partial charge >= 0.3 is 0 Å². The van der Waals surface area contributed by atoms with E-state index in [-0.39, 0.29) is 11.3 Å². The molecule has 106 valence electrons. The third kappa shape index (κ3) is 5.12. The van der Waals surface area contributed by atoms with E-state index in [1.54, 1.807) is 18.2 Å². The Hall–Kier alpha value is -1.70. The molecular formula is C16H19O3P. The number of hydrogen-bond acceptors (Lipinski definition) is 2. The van der Waals surface area contributed by atoms with Gasteiger partial charge in [-0.25, -0.2) is 0 Å². The highest BCUT2D eigenvalue weighted by molar-refractivity contribution is 7.79. The van der Waals surface area contributed by atoms with E-state index in [0.29, 0.717) is 0 Å². The standard InChI is InChI=1S/C9H12.C7H7O3P/c1-7-4-8(2)6-9(3)5-7;8-6-11(9,10)7-4-2-1-3-5-7/h4-6H,1-3H3;1-6H,(H,9,10). The van der Waals surface area contributed by atoms with Crippen LogP contribution in [0.15, 0.2) is 48.5 Å². The van der Waals surface area contributed by atoms with Crippen molar-refractivity contribution in [3.63, 3.8) is 0 Å². The van der Waals surface area contributed by atoms with E-state index >= 15 is 0 Å². The zero-order chi connectivity index (χ0) is 15.2. The monoisotopic (exact) mass is 290 g/mol. The lowest BCUT2D eigenvalue weighted by Crippen LogP contribution is -2.03. The molecule has 2 aromatic carbocycles. The Morgan fingerprint density at radius 2 is 1.30 bits per heavy atom. The Balaban J connectivity index is 0.000000204. The maximum Gasteiger partial charge on any atom is 0.290 e. The molecule has 1 atom stereocenters. The fraction of sp³-hybridized carbons (Fsp3) is 0.188. The van der Waals surface area contributed by atoms with E-state index < -0.39 is 7.37 Å². The van der Waals surface area contributed by atoms with Crippen molar-refractivity contribution >= 4 is 18.7 Å². The van der Waals surface area contributed by atoms with Crippen molar-refractivity contribution in [3.05, 3.63) is 65.2 Å². The first kappa shape index (κ1) is 16.4. The normalized spacial score (nSPS) is 12.8. The molecule has 0 bridgehead atoms. The number of hydrogen-bond donors (Lipinski definition) is 1. The van der Waals surface area contributed by atoms with Crippen molar-refractivity contribution < 1.29 is 14.3 Å². The van der Waals surface area contributed by atoms with Crippen molar-refractivity contribution in [1.82, 2.24) is 0 Å². The predicted octanol–water partition coefficient (Wildman–Crippen LogP) is 3.38. The molecule has 1 N–H and O–H groups in total. The van der Waals surface area contributed by atoms with Crippen LogP contribution >= 0.6 is 7.37 Å². The maximum atomic E-state index is 11.0. The molecule has 4 heteroatoms. The van der Waals surface area contributed by atoms with Gasteiger partial charge in [0.15, 0.2) is 0 Å². The summed E-state index contributed by atoms with van der Waals surface area (Å²) < 4.78 is 11.0. The summed E-state index contributed by atoms with van der Waals surface area (Å²) >= 11 is 0. The van der Waals surface area contributed by atoms with Crippen LogP contribution in [-0.4, -0.2) is 10.9 Å². The summed E-state index contributed by atoms with van der Waals surface area (Å²) in [6, 6.07) is 14.5. The highest BCUT2D eigenvalue weighted by Crippen LogP contribution is 2.34. The quantitative estimate of drug-likeness (QED) is 0.681. The lowest BCUT2D eigenvalue weighted by Gasteiger charge is -2.01. The third-order valence-corrected chi connectivity index (χ3v) is 3.96. The summed E-state index contributed by atoms with van der Waals surface area (Å²) in [6.45, 7) is 6.38. The van der Waals surface area contributed by atoms with Crippen LogP contribution in [0.1, 0.15) is 16.7 Å². The van der Waals surface area contributed by atoms with Gasteiger partial charge in [-0.15, -0.1) is 0 Å². The van der Waals surface area contributed by atoms with Crippen LogP contribution in [0.25, 0.3) is 0 Å². The molecule has 2 aromatic rings. The number of aryl methyl sites for hydroxylation is 3. The van der Waals surface area contributed by atoms with Crippen molar-refractivity contribution in [2.45, 2.75) is 20.8 Å². The van der Waals surface area contributed by atoms with E-state index in [1.165, 1.54) is 28.8 Å². The zero-order valence-corrected chi connectivity index (χ0v) is 12.8. The summed E-state index contributed by atoms with van der Waals surface area (Å²) in [4.78, 5) is 19.1. The van der Waals surface area contributed by atoms with Gasteiger partial charge in [0.2, 0.25) is 6.03 Å². The SMILES string of the molecule is Cc1cc(C)cc(C)c1.O=CP(=O)(O)c1ccccc1. The van der Waals surface area contributed by atoms with Crippen LogP contribution in [0.2, 0.25) is 0 Å². The van der Waals surface area contributed by atoms with Crippen LogP contribution in [0.4, 0.5) is 0 Å². The molecule has 1 unspecified atom stereocenters. The summed E-state index contributed by atoms with van der Waals surface area (Å²) in [6.07, 6.45) is 0. The molecule has 0 aliphatic heterocycles. The minimum absolute atomic E-state index is 0.0856. The molecule has 0 saturated heterocycles. The number of carbonyl (C=O) groups excluding carboxylic acids is 1. The second kappa shape index (κ2) is 7.18. The van der Waals surface area contributed by atoms with Crippen LogP contribution in [0.3, 0.4) is 0 Å². The average Bonchev–Trinajstić information content (AvgIpc) is 2.39. The molecule has 2 rings (SSSR count). The number of rotatable bonds is 2. The maximum absolute atomic E-state index is 11.0. The molecular weight excluding hydrogens is 271 g/mol. The second-order valence-corrected chi connectivity index (χ2v) is 6.70. The molecule has 0 radical (unpaired) electrons. The molecule has 3 nitrogen and oxygen atoms in total. The predicted molar refractivity (Wildman–Crippen MR) is 83.3 cm³/mol. The smallest absolute Gasteiger partial charge is 0.290 e. The highest BCUT2D eigenvalue weighted by Gasteiger charge is 2.18. The fourth-order valence-corrected chi connectivity index (χ4v) is 2.63. The minimum atomic E-state index is -3.71. The molecule has 0 amide bonds. The summed E-state index contributed by atoms with van der Waals surface area (Å²) in [5.41, 5.74) is 4.06. The van der Waals surface area contributed by atoms with Crippen LogP contribution < -0.4 is 5.30 Å². The van der Waals surface area contributed by atoms with E-state index in [9.17, 15) is 9.36 Å². The van der Waals surface area contributed by atoms with E-state index in [0.717, 1.165) is 0 Å². The van der Waals surface area contributed by atoms with Crippen molar-refractivity contribution in [3.8, 4) is 0 Å². The van der Waals surface area contributed by atoms with Crippen LogP contribution in [0.5, 0.6) is 0 Å². The molecule has 0 fully saturated rings. The summed E-state index contributed by atoms with van der Waals surface area (Å²) in [5, 5.41) is 0.176. The molecule has 20 heavy (non-hydrogen) atoms. The molecule has 0 spiro atoms. The van der Waals surface area contributed by atoms with Gasteiger partial charge in [0.25, 0.3) is 7.37 Å². The van der Waals surface area contributed by atoms with Crippen molar-refractivity contribution in [2.24, 2.45) is 0 Å². The van der Waals surface area contributed by atoms with E-state index in [4.69, 9.17) is 4.89 Å². The summed E-state index contributed by atoms with van der Waals surface area (Å²) in [5.74, 6) is 0. The molecule has 0 aliphatic carbocycles. The number of benzene rings is 2. The lowest BCUT2D eigenvalue weighted by molar-refractivity contribution is 0.492. The fourth-order valence-electron chi connectivity index (χ4n) is 1.90. The van der Waals surface area contributed by atoms with Gasteiger partial charge in [-0.2, -0.15) is 0 Å².